The van der Waals surface area contributed by atoms with Crippen LogP contribution in [0.25, 0.3) is 0 Å². The fourth-order valence-corrected chi connectivity index (χ4v) is 0.989. The monoisotopic (exact) mass is 168 g/mol. The zero-order valence-corrected chi connectivity index (χ0v) is 7.29. The maximum absolute atomic E-state index is 12.7. The van der Waals surface area contributed by atoms with Crippen molar-refractivity contribution in [3.05, 3.63) is 35.6 Å². The number of rotatable bonds is 2. The predicted molar refractivity (Wildman–Crippen MR) is 47.0 cm³/mol. The molecular formula is C9H13FN2. The Hall–Kier alpha value is -0.930. The molecule has 0 heterocycles. The van der Waals surface area contributed by atoms with Crippen LogP contribution in [0, 0.1) is 5.82 Å². The van der Waals surface area contributed by atoms with Crippen molar-refractivity contribution in [1.29, 1.82) is 0 Å². The zero-order valence-electron chi connectivity index (χ0n) is 7.29. The van der Waals surface area contributed by atoms with Gasteiger partial charge in [0.05, 0.1) is 6.17 Å². The Morgan fingerprint density at radius 3 is 2.58 bits per heavy atom. The summed E-state index contributed by atoms with van der Waals surface area (Å²) < 4.78 is 12.7. The van der Waals surface area contributed by atoms with Crippen LogP contribution in [0.2, 0.25) is 0 Å². The van der Waals surface area contributed by atoms with Gasteiger partial charge in [0.15, 0.2) is 0 Å². The number of nitrogens with two attached hydrogens (primary N) is 1. The van der Waals surface area contributed by atoms with Crippen molar-refractivity contribution >= 4 is 0 Å². The Kier molecular flexibility index (Phi) is 2.78. The van der Waals surface area contributed by atoms with Gasteiger partial charge in [-0.3, -0.25) is 4.90 Å². The van der Waals surface area contributed by atoms with Crippen LogP contribution in [0.5, 0.6) is 0 Å². The molecule has 0 fully saturated rings. The molecular weight excluding hydrogens is 155 g/mol. The SMILES string of the molecule is CN(C)C(N)c1cccc(F)c1. The van der Waals surface area contributed by atoms with E-state index in [-0.39, 0.29) is 12.0 Å². The van der Waals surface area contributed by atoms with Crippen LogP contribution in [0.15, 0.2) is 24.3 Å². The summed E-state index contributed by atoms with van der Waals surface area (Å²) in [5, 5.41) is 0. The van der Waals surface area contributed by atoms with Crippen molar-refractivity contribution in [2.45, 2.75) is 6.17 Å². The molecule has 2 nitrogen and oxygen atoms in total. The van der Waals surface area contributed by atoms with Gasteiger partial charge in [-0.25, -0.2) is 4.39 Å². The van der Waals surface area contributed by atoms with Gasteiger partial charge < -0.3 is 5.73 Å². The summed E-state index contributed by atoms with van der Waals surface area (Å²) in [5.41, 5.74) is 6.56. The van der Waals surface area contributed by atoms with Crippen molar-refractivity contribution in [2.24, 2.45) is 5.73 Å². The van der Waals surface area contributed by atoms with Crippen LogP contribution < -0.4 is 5.73 Å². The molecule has 0 saturated carbocycles. The number of halogens is 1. The van der Waals surface area contributed by atoms with E-state index in [9.17, 15) is 4.39 Å². The predicted octanol–water partition coefficient (Wildman–Crippen LogP) is 1.34. The third kappa shape index (κ3) is 2.03. The zero-order chi connectivity index (χ0) is 9.14. The van der Waals surface area contributed by atoms with Crippen LogP contribution in [-0.2, 0) is 0 Å². The molecule has 0 amide bonds. The molecule has 3 heteroatoms. The molecule has 0 aliphatic heterocycles. The summed E-state index contributed by atoms with van der Waals surface area (Å²) in [6, 6.07) is 6.33. The lowest BCUT2D eigenvalue weighted by molar-refractivity contribution is 0.306. The van der Waals surface area contributed by atoms with Crippen molar-refractivity contribution in [1.82, 2.24) is 4.90 Å². The van der Waals surface area contributed by atoms with E-state index in [2.05, 4.69) is 0 Å². The third-order valence-corrected chi connectivity index (χ3v) is 1.75. The fourth-order valence-electron chi connectivity index (χ4n) is 0.989. The molecule has 2 N–H and O–H groups in total. The van der Waals surface area contributed by atoms with Crippen LogP contribution >= 0.6 is 0 Å². The van der Waals surface area contributed by atoms with E-state index >= 15 is 0 Å². The molecule has 0 aliphatic carbocycles. The largest absolute Gasteiger partial charge is 0.312 e. The van der Waals surface area contributed by atoms with E-state index < -0.39 is 0 Å². The lowest BCUT2D eigenvalue weighted by Crippen LogP contribution is -2.27. The summed E-state index contributed by atoms with van der Waals surface area (Å²) in [6.07, 6.45) is -0.235. The molecule has 1 atom stereocenters. The van der Waals surface area contributed by atoms with E-state index in [1.807, 2.05) is 25.1 Å². The van der Waals surface area contributed by atoms with Crippen molar-refractivity contribution < 1.29 is 4.39 Å². The van der Waals surface area contributed by atoms with Crippen LogP contribution in [0.3, 0.4) is 0 Å². The van der Waals surface area contributed by atoms with Crippen molar-refractivity contribution in [2.75, 3.05) is 14.1 Å². The first-order chi connectivity index (χ1) is 5.61. The van der Waals surface area contributed by atoms with E-state index in [0.717, 1.165) is 5.56 Å². The highest BCUT2D eigenvalue weighted by Gasteiger charge is 2.07. The average molecular weight is 168 g/mol. The topological polar surface area (TPSA) is 29.3 Å². The van der Waals surface area contributed by atoms with Crippen molar-refractivity contribution in [3.8, 4) is 0 Å². The van der Waals surface area contributed by atoms with E-state index in [1.165, 1.54) is 12.1 Å². The second-order valence-electron chi connectivity index (χ2n) is 2.96. The van der Waals surface area contributed by atoms with E-state index in [4.69, 9.17) is 5.73 Å². The van der Waals surface area contributed by atoms with Gasteiger partial charge in [0.1, 0.15) is 5.82 Å². The molecule has 1 aromatic rings. The lowest BCUT2D eigenvalue weighted by Gasteiger charge is -2.19. The summed E-state index contributed by atoms with van der Waals surface area (Å²) >= 11 is 0. The first-order valence-electron chi connectivity index (χ1n) is 3.78. The molecule has 0 radical (unpaired) electrons. The standard InChI is InChI=1S/C9H13FN2/c1-12(2)9(11)7-4-3-5-8(10)6-7/h3-6,9H,11H2,1-2H3. The minimum absolute atomic E-state index is 0.235. The smallest absolute Gasteiger partial charge is 0.123 e. The third-order valence-electron chi connectivity index (χ3n) is 1.75. The Labute approximate surface area is 71.8 Å². The molecule has 1 rings (SSSR count). The molecule has 0 bridgehead atoms. The van der Waals surface area contributed by atoms with Crippen LogP contribution in [0.4, 0.5) is 4.39 Å². The van der Waals surface area contributed by atoms with Gasteiger partial charge in [-0.15, -0.1) is 0 Å². The minimum Gasteiger partial charge on any atom is -0.312 e. The Balaban J connectivity index is 2.88. The van der Waals surface area contributed by atoms with Gasteiger partial charge >= 0.3 is 0 Å². The fraction of sp³-hybridized carbons (Fsp3) is 0.333. The quantitative estimate of drug-likeness (QED) is 0.675. The molecule has 0 spiro atoms. The summed E-state index contributed by atoms with van der Waals surface area (Å²) in [5.74, 6) is -0.246. The van der Waals surface area contributed by atoms with Gasteiger partial charge in [0, 0.05) is 0 Å². The highest BCUT2D eigenvalue weighted by molar-refractivity contribution is 5.19. The Bertz CT molecular complexity index is 260. The van der Waals surface area contributed by atoms with E-state index in [1.54, 1.807) is 6.07 Å². The lowest BCUT2D eigenvalue weighted by atomic mass is 10.1. The van der Waals surface area contributed by atoms with Crippen LogP contribution in [-0.4, -0.2) is 19.0 Å². The Morgan fingerprint density at radius 2 is 2.08 bits per heavy atom. The second-order valence-corrected chi connectivity index (χ2v) is 2.96. The second kappa shape index (κ2) is 3.65. The Morgan fingerprint density at radius 1 is 1.42 bits per heavy atom. The number of nitrogens with zero attached hydrogens (tertiary/aromatic N) is 1. The first kappa shape index (κ1) is 9.16. The number of hydrogen-bond donors (Lipinski definition) is 1. The maximum Gasteiger partial charge on any atom is 0.123 e. The normalized spacial score (nSPS) is 13.4. The maximum atomic E-state index is 12.7. The summed E-state index contributed by atoms with van der Waals surface area (Å²) in [6.45, 7) is 0. The molecule has 1 aromatic carbocycles. The minimum atomic E-state index is -0.246. The number of benzene rings is 1. The van der Waals surface area contributed by atoms with Gasteiger partial charge in [-0.05, 0) is 31.8 Å². The highest BCUT2D eigenvalue weighted by Crippen LogP contribution is 2.12. The van der Waals surface area contributed by atoms with Gasteiger partial charge in [0.25, 0.3) is 0 Å². The molecule has 66 valence electrons. The molecule has 0 saturated heterocycles. The first-order valence-corrected chi connectivity index (χ1v) is 3.78. The van der Waals surface area contributed by atoms with Gasteiger partial charge in [-0.1, -0.05) is 12.1 Å². The van der Waals surface area contributed by atoms with E-state index in [0.29, 0.717) is 0 Å². The average Bonchev–Trinajstić information content (AvgIpc) is 2.03. The highest BCUT2D eigenvalue weighted by atomic mass is 19.1. The molecule has 12 heavy (non-hydrogen) atoms. The molecule has 0 aliphatic rings. The summed E-state index contributed by atoms with van der Waals surface area (Å²) in [7, 11) is 3.71. The number of hydrogen-bond acceptors (Lipinski definition) is 2. The van der Waals surface area contributed by atoms with Gasteiger partial charge in [-0.2, -0.15) is 0 Å². The molecule has 1 unspecified atom stereocenters. The van der Waals surface area contributed by atoms with Gasteiger partial charge in [0.2, 0.25) is 0 Å². The van der Waals surface area contributed by atoms with Crippen molar-refractivity contribution in [3.63, 3.8) is 0 Å². The molecule has 0 aromatic heterocycles. The van der Waals surface area contributed by atoms with Crippen LogP contribution in [0.1, 0.15) is 11.7 Å². The summed E-state index contributed by atoms with van der Waals surface area (Å²) in [4.78, 5) is 1.83.